The van der Waals surface area contributed by atoms with Crippen molar-refractivity contribution in [2.24, 2.45) is 0 Å². The van der Waals surface area contributed by atoms with E-state index >= 15 is 0 Å². The van der Waals surface area contributed by atoms with Crippen LogP contribution in [0.25, 0.3) is 0 Å². The Labute approximate surface area is 105 Å². The molecule has 0 radical (unpaired) electrons. The lowest BCUT2D eigenvalue weighted by molar-refractivity contribution is -0.142. The summed E-state index contributed by atoms with van der Waals surface area (Å²) < 4.78 is 4.72. The van der Waals surface area contributed by atoms with Crippen LogP contribution < -0.4 is 0 Å². The normalized spacial score (nSPS) is 29.2. The van der Waals surface area contributed by atoms with E-state index in [1.807, 2.05) is 0 Å². The Morgan fingerprint density at radius 2 is 1.94 bits per heavy atom. The van der Waals surface area contributed by atoms with Crippen molar-refractivity contribution in [3.8, 4) is 0 Å². The summed E-state index contributed by atoms with van der Waals surface area (Å²) in [7, 11) is 1.46. The minimum atomic E-state index is -0.116. The van der Waals surface area contributed by atoms with Crippen LogP contribution in [0.5, 0.6) is 0 Å². The maximum atomic E-state index is 11.2. The zero-order valence-electron chi connectivity index (χ0n) is 10.7. The summed E-state index contributed by atoms with van der Waals surface area (Å²) in [5, 5.41) is 0. The molecule has 0 aliphatic carbocycles. The molecule has 0 amide bonds. The Balaban J connectivity index is 0.00000144. The molecule has 2 heterocycles. The number of hydrogen-bond acceptors (Lipinski definition) is 4. The van der Waals surface area contributed by atoms with Crippen LogP contribution in [0.2, 0.25) is 0 Å². The van der Waals surface area contributed by atoms with Gasteiger partial charge in [-0.1, -0.05) is 7.43 Å². The van der Waals surface area contributed by atoms with Crippen LogP contribution >= 0.6 is 0 Å². The molecular weight excluding hydrogens is 216 g/mol. The number of esters is 1. The fourth-order valence-electron chi connectivity index (χ4n) is 2.99. The molecule has 2 aliphatic rings. The fraction of sp³-hybridized carbons (Fsp3) is 0.923. The van der Waals surface area contributed by atoms with Gasteiger partial charge in [0.2, 0.25) is 0 Å². The van der Waals surface area contributed by atoms with Crippen LogP contribution in [0.3, 0.4) is 0 Å². The highest BCUT2D eigenvalue weighted by Gasteiger charge is 2.46. The molecule has 0 aromatic carbocycles. The molecule has 17 heavy (non-hydrogen) atoms. The summed E-state index contributed by atoms with van der Waals surface area (Å²) in [6.07, 6.45) is 1.20. The molecule has 0 aromatic heterocycles. The van der Waals surface area contributed by atoms with E-state index in [1.54, 1.807) is 0 Å². The second-order valence-electron chi connectivity index (χ2n) is 5.87. The van der Waals surface area contributed by atoms with Gasteiger partial charge >= 0.3 is 5.97 Å². The van der Waals surface area contributed by atoms with E-state index in [0.29, 0.717) is 18.6 Å². The first-order chi connectivity index (χ1) is 7.41. The topological polar surface area (TPSA) is 32.8 Å². The van der Waals surface area contributed by atoms with Crippen LogP contribution in [-0.4, -0.2) is 60.1 Å². The average molecular weight is 242 g/mol. The summed E-state index contributed by atoms with van der Waals surface area (Å²) in [6, 6.07) is 1.16. The van der Waals surface area contributed by atoms with Gasteiger partial charge in [0.25, 0.3) is 0 Å². The quantitative estimate of drug-likeness (QED) is 0.684. The molecule has 0 aromatic rings. The molecule has 2 rings (SSSR count). The number of rotatable bonds is 2. The monoisotopic (exact) mass is 242 g/mol. The Morgan fingerprint density at radius 1 is 1.29 bits per heavy atom. The third kappa shape index (κ3) is 2.80. The first-order valence-electron chi connectivity index (χ1n) is 5.99. The van der Waals surface area contributed by atoms with Gasteiger partial charge < -0.3 is 4.74 Å². The number of likely N-dealkylation sites (tertiary alicyclic amines) is 2. The molecule has 0 N–H and O–H groups in total. The van der Waals surface area contributed by atoms with Gasteiger partial charge in [0.1, 0.15) is 0 Å². The van der Waals surface area contributed by atoms with Crippen LogP contribution in [0, 0.1) is 0 Å². The van der Waals surface area contributed by atoms with Gasteiger partial charge in [-0.15, -0.1) is 0 Å². The van der Waals surface area contributed by atoms with E-state index < -0.39 is 0 Å². The Morgan fingerprint density at radius 3 is 2.35 bits per heavy atom. The van der Waals surface area contributed by atoms with Crippen LogP contribution in [0.15, 0.2) is 0 Å². The molecule has 4 nitrogen and oxygen atoms in total. The van der Waals surface area contributed by atoms with Crippen LogP contribution in [-0.2, 0) is 9.53 Å². The van der Waals surface area contributed by atoms with Crippen molar-refractivity contribution in [3.63, 3.8) is 0 Å². The number of hydrogen-bond donors (Lipinski definition) is 0. The first-order valence-corrected chi connectivity index (χ1v) is 5.99. The predicted molar refractivity (Wildman–Crippen MR) is 69.0 cm³/mol. The first kappa shape index (κ1) is 14.5. The number of carbonyl (C=O) groups excluding carboxylic acids is 1. The lowest BCUT2D eigenvalue weighted by Gasteiger charge is -2.41. The zero-order chi connectivity index (χ0) is 11.9. The standard InChI is InChI=1S/C12H22N2O2.CH4/c1-12(2,3)14-7-9-5-10(14)6-13(9)8-11(15)16-4;/h9-10H,5-8H2,1-4H3;1H4. The summed E-state index contributed by atoms with van der Waals surface area (Å²) in [5.74, 6) is -0.116. The zero-order valence-corrected chi connectivity index (χ0v) is 10.7. The highest BCUT2D eigenvalue weighted by atomic mass is 16.5. The van der Waals surface area contributed by atoms with Crippen molar-refractivity contribution < 1.29 is 9.53 Å². The maximum absolute atomic E-state index is 11.2. The van der Waals surface area contributed by atoms with Gasteiger partial charge in [-0.3, -0.25) is 14.6 Å². The van der Waals surface area contributed by atoms with E-state index in [-0.39, 0.29) is 18.9 Å². The molecule has 2 fully saturated rings. The van der Waals surface area contributed by atoms with E-state index in [4.69, 9.17) is 4.74 Å². The Hall–Kier alpha value is -0.610. The van der Waals surface area contributed by atoms with Crippen molar-refractivity contribution in [1.82, 2.24) is 9.80 Å². The van der Waals surface area contributed by atoms with Gasteiger partial charge in [0, 0.05) is 30.7 Å². The van der Waals surface area contributed by atoms with Gasteiger partial charge in [-0.2, -0.15) is 0 Å². The summed E-state index contributed by atoms with van der Waals surface area (Å²) in [4.78, 5) is 16.1. The molecule has 0 saturated carbocycles. The van der Waals surface area contributed by atoms with Gasteiger partial charge in [0.05, 0.1) is 13.7 Å². The number of fused-ring (bicyclic) bond motifs is 2. The lowest BCUT2D eigenvalue weighted by Crippen LogP contribution is -2.54. The van der Waals surface area contributed by atoms with Crippen molar-refractivity contribution in [2.75, 3.05) is 26.7 Å². The lowest BCUT2D eigenvalue weighted by atomic mass is 10.0. The molecule has 2 atom stereocenters. The van der Waals surface area contributed by atoms with Crippen molar-refractivity contribution >= 4 is 5.97 Å². The van der Waals surface area contributed by atoms with E-state index in [1.165, 1.54) is 13.5 Å². The Kier molecular flexibility index (Phi) is 4.20. The summed E-state index contributed by atoms with van der Waals surface area (Å²) in [5.41, 5.74) is 0.247. The van der Waals surface area contributed by atoms with Gasteiger partial charge in [0.15, 0.2) is 0 Å². The summed E-state index contributed by atoms with van der Waals surface area (Å²) >= 11 is 0. The van der Waals surface area contributed by atoms with Gasteiger partial charge in [-0.25, -0.2) is 0 Å². The largest absolute Gasteiger partial charge is 0.468 e. The third-order valence-electron chi connectivity index (χ3n) is 3.78. The number of ether oxygens (including phenoxy) is 1. The van der Waals surface area contributed by atoms with Crippen molar-refractivity contribution in [2.45, 2.75) is 52.2 Å². The molecule has 2 saturated heterocycles. The molecule has 4 heteroatoms. The SMILES string of the molecule is C.COC(=O)CN1CC2CC1CN2C(C)(C)C. The van der Waals surface area contributed by atoms with E-state index in [9.17, 15) is 4.79 Å². The number of piperazine rings is 1. The minimum absolute atomic E-state index is 0. The number of methoxy groups -OCH3 is 1. The van der Waals surface area contributed by atoms with E-state index in [2.05, 4.69) is 30.6 Å². The predicted octanol–water partition coefficient (Wildman–Crippen LogP) is 1.35. The van der Waals surface area contributed by atoms with Crippen LogP contribution in [0.4, 0.5) is 0 Å². The smallest absolute Gasteiger partial charge is 0.319 e. The van der Waals surface area contributed by atoms with Gasteiger partial charge in [-0.05, 0) is 27.2 Å². The molecule has 2 aliphatic heterocycles. The fourth-order valence-corrected chi connectivity index (χ4v) is 2.99. The highest BCUT2D eigenvalue weighted by molar-refractivity contribution is 5.71. The third-order valence-corrected chi connectivity index (χ3v) is 3.78. The highest BCUT2D eigenvalue weighted by Crippen LogP contribution is 2.35. The Bertz CT molecular complexity index is 286. The second-order valence-corrected chi connectivity index (χ2v) is 5.87. The second kappa shape index (κ2) is 4.94. The number of carbonyl (C=O) groups is 1. The minimum Gasteiger partial charge on any atom is -0.468 e. The average Bonchev–Trinajstić information content (AvgIpc) is 2.75. The molecule has 2 bridgehead atoms. The van der Waals surface area contributed by atoms with Crippen molar-refractivity contribution in [3.05, 3.63) is 0 Å². The van der Waals surface area contributed by atoms with Crippen molar-refractivity contribution in [1.29, 1.82) is 0 Å². The maximum Gasteiger partial charge on any atom is 0.319 e. The molecule has 2 unspecified atom stereocenters. The number of nitrogens with zero attached hydrogens (tertiary/aromatic N) is 2. The molecule has 100 valence electrons. The molecule has 0 spiro atoms. The summed E-state index contributed by atoms with van der Waals surface area (Å²) in [6.45, 7) is 9.34. The molecular formula is C13H26N2O2. The van der Waals surface area contributed by atoms with E-state index in [0.717, 1.165) is 13.1 Å². The van der Waals surface area contributed by atoms with Crippen LogP contribution in [0.1, 0.15) is 34.6 Å².